The SMILES string of the molecule is O=C(O)Oc1ccc(-c2nc3c(s2)CCN(C2CCC2)CC3)nc1. The molecule has 1 aliphatic heterocycles. The highest BCUT2D eigenvalue weighted by Gasteiger charge is 2.27. The van der Waals surface area contributed by atoms with Crippen molar-refractivity contribution in [3.8, 4) is 16.5 Å². The topological polar surface area (TPSA) is 75.6 Å². The van der Waals surface area contributed by atoms with Crippen molar-refractivity contribution in [2.45, 2.75) is 38.1 Å². The molecule has 0 atom stereocenters. The summed E-state index contributed by atoms with van der Waals surface area (Å²) in [4.78, 5) is 23.6. The zero-order valence-corrected chi connectivity index (χ0v) is 14.1. The van der Waals surface area contributed by atoms with E-state index in [1.165, 1.54) is 36.0 Å². The van der Waals surface area contributed by atoms with E-state index >= 15 is 0 Å². The number of ether oxygens (including phenoxy) is 1. The van der Waals surface area contributed by atoms with Gasteiger partial charge in [-0.25, -0.2) is 14.8 Å². The molecule has 0 spiro atoms. The first-order valence-electron chi connectivity index (χ1n) is 8.29. The normalized spacial score (nSPS) is 18.5. The summed E-state index contributed by atoms with van der Waals surface area (Å²) in [7, 11) is 0. The Morgan fingerprint density at radius 1 is 1.29 bits per heavy atom. The Morgan fingerprint density at radius 3 is 2.79 bits per heavy atom. The molecule has 4 rings (SSSR count). The number of pyridine rings is 1. The van der Waals surface area contributed by atoms with Crippen LogP contribution in [0.25, 0.3) is 10.7 Å². The molecular weight excluding hydrogens is 326 g/mol. The fourth-order valence-electron chi connectivity index (χ4n) is 3.28. The zero-order valence-electron chi connectivity index (χ0n) is 13.3. The van der Waals surface area contributed by atoms with Crippen LogP contribution < -0.4 is 4.74 Å². The molecule has 6 nitrogen and oxygen atoms in total. The van der Waals surface area contributed by atoms with Gasteiger partial charge in [0, 0.05) is 30.4 Å². The third kappa shape index (κ3) is 3.14. The second-order valence-corrected chi connectivity index (χ2v) is 7.34. The minimum absolute atomic E-state index is 0.223. The number of carbonyl (C=O) groups is 1. The molecule has 1 fully saturated rings. The van der Waals surface area contributed by atoms with Crippen molar-refractivity contribution >= 4 is 17.5 Å². The molecule has 7 heteroatoms. The second-order valence-electron chi connectivity index (χ2n) is 6.26. The van der Waals surface area contributed by atoms with E-state index in [0.29, 0.717) is 0 Å². The van der Waals surface area contributed by atoms with Gasteiger partial charge in [0.05, 0.1) is 17.6 Å². The first-order chi connectivity index (χ1) is 11.7. The van der Waals surface area contributed by atoms with Gasteiger partial charge in [0.15, 0.2) is 5.75 Å². The van der Waals surface area contributed by atoms with Crippen LogP contribution in [-0.2, 0) is 12.8 Å². The summed E-state index contributed by atoms with van der Waals surface area (Å²) >= 11 is 1.70. The van der Waals surface area contributed by atoms with E-state index in [2.05, 4.69) is 14.6 Å². The van der Waals surface area contributed by atoms with Crippen LogP contribution in [0.15, 0.2) is 18.3 Å². The maximum Gasteiger partial charge on any atom is 0.511 e. The monoisotopic (exact) mass is 345 g/mol. The Balaban J connectivity index is 1.48. The summed E-state index contributed by atoms with van der Waals surface area (Å²) in [5.41, 5.74) is 1.96. The number of fused-ring (bicyclic) bond motifs is 1. The number of thiazole rings is 1. The first kappa shape index (κ1) is 15.5. The molecule has 0 unspecified atom stereocenters. The van der Waals surface area contributed by atoms with Crippen molar-refractivity contribution in [1.29, 1.82) is 0 Å². The highest BCUT2D eigenvalue weighted by molar-refractivity contribution is 7.15. The van der Waals surface area contributed by atoms with Crippen molar-refractivity contribution in [2.75, 3.05) is 13.1 Å². The van der Waals surface area contributed by atoms with Gasteiger partial charge in [-0.05, 0) is 31.4 Å². The summed E-state index contributed by atoms with van der Waals surface area (Å²) in [5, 5.41) is 9.51. The van der Waals surface area contributed by atoms with Gasteiger partial charge in [0.2, 0.25) is 0 Å². The van der Waals surface area contributed by atoms with E-state index in [1.54, 1.807) is 23.5 Å². The number of rotatable bonds is 3. The molecule has 0 bridgehead atoms. The van der Waals surface area contributed by atoms with Crippen LogP contribution in [0.4, 0.5) is 4.79 Å². The predicted molar refractivity (Wildman–Crippen MR) is 90.6 cm³/mol. The molecule has 0 radical (unpaired) electrons. The van der Waals surface area contributed by atoms with Crippen LogP contribution in [0.3, 0.4) is 0 Å². The Bertz CT molecular complexity index is 715. The number of carboxylic acid groups (broad SMARTS) is 1. The summed E-state index contributed by atoms with van der Waals surface area (Å²) < 4.78 is 4.58. The van der Waals surface area contributed by atoms with E-state index in [9.17, 15) is 4.79 Å². The van der Waals surface area contributed by atoms with E-state index in [0.717, 1.165) is 42.7 Å². The van der Waals surface area contributed by atoms with Crippen LogP contribution >= 0.6 is 11.3 Å². The molecule has 1 aliphatic carbocycles. The Hall–Kier alpha value is -1.99. The van der Waals surface area contributed by atoms with Crippen LogP contribution in [0.2, 0.25) is 0 Å². The molecule has 2 aromatic heterocycles. The third-order valence-corrected chi connectivity index (χ3v) is 5.97. The highest BCUT2D eigenvalue weighted by Crippen LogP contribution is 2.32. The summed E-state index contributed by atoms with van der Waals surface area (Å²) in [6, 6.07) is 4.17. The molecule has 2 aromatic rings. The van der Waals surface area contributed by atoms with Crippen LogP contribution in [-0.4, -0.2) is 45.3 Å². The molecule has 2 aliphatic rings. The van der Waals surface area contributed by atoms with Crippen LogP contribution in [0.1, 0.15) is 29.8 Å². The van der Waals surface area contributed by atoms with E-state index in [-0.39, 0.29) is 5.75 Å². The van der Waals surface area contributed by atoms with Gasteiger partial charge >= 0.3 is 6.16 Å². The van der Waals surface area contributed by atoms with Gasteiger partial charge in [0.25, 0.3) is 0 Å². The summed E-state index contributed by atoms with van der Waals surface area (Å²) in [6.07, 6.45) is 6.22. The number of aromatic nitrogens is 2. The van der Waals surface area contributed by atoms with Gasteiger partial charge in [-0.2, -0.15) is 0 Å². The Morgan fingerprint density at radius 2 is 2.12 bits per heavy atom. The van der Waals surface area contributed by atoms with Crippen molar-refractivity contribution < 1.29 is 14.6 Å². The molecule has 126 valence electrons. The van der Waals surface area contributed by atoms with E-state index in [4.69, 9.17) is 10.1 Å². The van der Waals surface area contributed by atoms with Crippen molar-refractivity contribution in [1.82, 2.24) is 14.9 Å². The third-order valence-electron chi connectivity index (χ3n) is 4.79. The number of nitrogens with zero attached hydrogens (tertiary/aromatic N) is 3. The highest BCUT2D eigenvalue weighted by atomic mass is 32.1. The maximum absolute atomic E-state index is 10.5. The molecule has 0 aromatic carbocycles. The van der Waals surface area contributed by atoms with Gasteiger partial charge in [-0.15, -0.1) is 11.3 Å². The van der Waals surface area contributed by atoms with Gasteiger partial charge < -0.3 is 9.84 Å². The molecule has 0 saturated heterocycles. The fourth-order valence-corrected chi connectivity index (χ4v) is 4.35. The smallest absolute Gasteiger partial charge is 0.449 e. The summed E-state index contributed by atoms with van der Waals surface area (Å²) in [6.45, 7) is 2.22. The Labute approximate surface area is 144 Å². The largest absolute Gasteiger partial charge is 0.511 e. The van der Waals surface area contributed by atoms with E-state index < -0.39 is 6.16 Å². The minimum Gasteiger partial charge on any atom is -0.449 e. The lowest BCUT2D eigenvalue weighted by molar-refractivity contribution is 0.133. The van der Waals surface area contributed by atoms with E-state index in [1.807, 2.05) is 0 Å². The number of hydrogen-bond donors (Lipinski definition) is 1. The molecule has 0 amide bonds. The number of hydrogen-bond acceptors (Lipinski definition) is 6. The van der Waals surface area contributed by atoms with Gasteiger partial charge in [-0.3, -0.25) is 4.90 Å². The minimum atomic E-state index is -1.33. The van der Waals surface area contributed by atoms with Crippen molar-refractivity contribution in [2.24, 2.45) is 0 Å². The lowest BCUT2D eigenvalue weighted by atomic mass is 9.91. The second kappa shape index (κ2) is 6.49. The lowest BCUT2D eigenvalue weighted by Gasteiger charge is -2.36. The van der Waals surface area contributed by atoms with Crippen molar-refractivity contribution in [3.63, 3.8) is 0 Å². The van der Waals surface area contributed by atoms with Crippen LogP contribution in [0, 0.1) is 0 Å². The predicted octanol–water partition coefficient (Wildman–Crippen LogP) is 3.22. The van der Waals surface area contributed by atoms with Gasteiger partial charge in [0.1, 0.15) is 5.01 Å². The van der Waals surface area contributed by atoms with Crippen molar-refractivity contribution in [3.05, 3.63) is 28.9 Å². The molecule has 24 heavy (non-hydrogen) atoms. The van der Waals surface area contributed by atoms with Crippen LogP contribution in [0.5, 0.6) is 5.75 Å². The summed E-state index contributed by atoms with van der Waals surface area (Å²) in [5.74, 6) is 0.223. The zero-order chi connectivity index (χ0) is 16.5. The molecule has 1 saturated carbocycles. The fraction of sp³-hybridized carbons (Fsp3) is 0.471. The maximum atomic E-state index is 10.5. The average Bonchev–Trinajstić information content (AvgIpc) is 2.82. The molecule has 3 heterocycles. The molecular formula is C17H19N3O3S. The quantitative estimate of drug-likeness (QED) is 0.861. The first-order valence-corrected chi connectivity index (χ1v) is 9.10. The Kier molecular flexibility index (Phi) is 4.20. The average molecular weight is 345 g/mol. The lowest BCUT2D eigenvalue weighted by Crippen LogP contribution is -2.41. The van der Waals surface area contributed by atoms with Gasteiger partial charge in [-0.1, -0.05) is 6.42 Å². The standard InChI is InChI=1S/C17H19N3O3S/c21-17(22)23-12-4-5-14(18-10-12)16-19-13-6-8-20(11-2-1-3-11)9-7-15(13)24-16/h4-5,10-11H,1-3,6-9H2,(H,21,22). The molecule has 1 N–H and O–H groups in total.